The molecule has 4 N–H and O–H groups in total. The second-order valence-corrected chi connectivity index (χ2v) is 20.3. The number of nitrogens with zero attached hydrogens (tertiary/aromatic N) is 1. The van der Waals surface area contributed by atoms with Gasteiger partial charge in [-0.05, 0) is 92.6 Å². The van der Waals surface area contributed by atoms with Gasteiger partial charge in [-0.25, -0.2) is 8.42 Å². The van der Waals surface area contributed by atoms with Gasteiger partial charge >= 0.3 is 0 Å². The Bertz CT molecular complexity index is 2710. The minimum Gasteiger partial charge on any atom is -0.485 e. The number of rotatable bonds is 15. The van der Waals surface area contributed by atoms with Gasteiger partial charge in [0.2, 0.25) is 15.6 Å². The van der Waals surface area contributed by atoms with Crippen LogP contribution in [0.15, 0.2) is 114 Å². The van der Waals surface area contributed by atoms with Gasteiger partial charge in [0.25, 0.3) is 0 Å². The molecule has 0 radical (unpaired) electrons. The number of nitrogens with two attached hydrogens (primary N) is 2. The minimum atomic E-state index is -4.29. The van der Waals surface area contributed by atoms with Crippen LogP contribution in [0.1, 0.15) is 74.9 Å². The number of aryl methyl sites for hydroxylation is 1. The number of ketones is 2. The number of fused-ring (bicyclic) bond motifs is 2. The SMILES string of the molecule is Cc1cccc2c(CC(N)C(=O)COc3ccc(C(C)(C)C)cc3Cc3cc(C(C)(C)C)ccc3OCC(=O)C(N)S(=O)(=O)c3cccc4c(N(C)C)cccc34)cccc12. The number of hydrogen-bond donors (Lipinski definition) is 2. The molecule has 2 atom stereocenters. The lowest BCUT2D eigenvalue weighted by atomic mass is 9.83. The Balaban J connectivity index is 1.25. The number of ether oxygens (including phenoxy) is 2. The maximum absolute atomic E-state index is 13.9. The molecule has 320 valence electrons. The van der Waals surface area contributed by atoms with Crippen LogP contribution in [0.3, 0.4) is 0 Å². The van der Waals surface area contributed by atoms with E-state index in [1.165, 1.54) is 6.07 Å². The Labute approximate surface area is 361 Å². The van der Waals surface area contributed by atoms with Crippen molar-refractivity contribution in [1.29, 1.82) is 0 Å². The van der Waals surface area contributed by atoms with Crippen LogP contribution in [0.5, 0.6) is 11.5 Å². The van der Waals surface area contributed by atoms with Crippen LogP contribution in [0.2, 0.25) is 0 Å². The van der Waals surface area contributed by atoms with Gasteiger partial charge in [0.15, 0.2) is 11.2 Å². The van der Waals surface area contributed by atoms with E-state index in [1.54, 1.807) is 18.2 Å². The van der Waals surface area contributed by atoms with Crippen LogP contribution >= 0.6 is 0 Å². The smallest absolute Gasteiger partial charge is 0.202 e. The average Bonchev–Trinajstić information content (AvgIpc) is 3.21. The summed E-state index contributed by atoms with van der Waals surface area (Å²) in [6, 6.07) is 33.6. The first-order chi connectivity index (χ1) is 28.7. The Morgan fingerprint density at radius 3 is 1.72 bits per heavy atom. The summed E-state index contributed by atoms with van der Waals surface area (Å²) < 4.78 is 40.4. The van der Waals surface area contributed by atoms with Crippen molar-refractivity contribution in [3.8, 4) is 11.5 Å². The number of sulfone groups is 1. The summed E-state index contributed by atoms with van der Waals surface area (Å²) in [4.78, 5) is 29.1. The molecule has 2 unspecified atom stereocenters. The lowest BCUT2D eigenvalue weighted by Crippen LogP contribution is -2.41. The molecule has 0 amide bonds. The summed E-state index contributed by atoms with van der Waals surface area (Å²) in [5.41, 5.74) is 19.1. The molecule has 0 bridgehead atoms. The Morgan fingerprint density at radius 1 is 0.623 bits per heavy atom. The van der Waals surface area contributed by atoms with Gasteiger partial charge in [0, 0.05) is 37.0 Å². The molecule has 0 saturated heterocycles. The molecule has 6 aromatic carbocycles. The summed E-state index contributed by atoms with van der Waals surface area (Å²) in [5, 5.41) is 1.58. The van der Waals surface area contributed by atoms with Gasteiger partial charge in [0.05, 0.1) is 10.9 Å². The van der Waals surface area contributed by atoms with Gasteiger partial charge in [0.1, 0.15) is 24.7 Å². The van der Waals surface area contributed by atoms with Crippen molar-refractivity contribution >= 4 is 48.6 Å². The highest BCUT2D eigenvalue weighted by molar-refractivity contribution is 7.93. The first-order valence-corrected chi connectivity index (χ1v) is 22.2. The lowest BCUT2D eigenvalue weighted by Gasteiger charge is -2.24. The van der Waals surface area contributed by atoms with E-state index < -0.39 is 33.6 Å². The lowest BCUT2D eigenvalue weighted by molar-refractivity contribution is -0.122. The van der Waals surface area contributed by atoms with Crippen molar-refractivity contribution in [3.05, 3.63) is 143 Å². The Hall–Kier alpha value is -5.55. The predicted molar refractivity (Wildman–Crippen MR) is 248 cm³/mol. The van der Waals surface area contributed by atoms with E-state index in [-0.39, 0.29) is 28.1 Å². The normalized spacial score (nSPS) is 13.2. The number of carbonyl (C=O) groups is 2. The third-order valence-electron chi connectivity index (χ3n) is 11.4. The highest BCUT2D eigenvalue weighted by Crippen LogP contribution is 2.35. The Kier molecular flexibility index (Phi) is 13.1. The first kappa shape index (κ1) is 45.0. The maximum atomic E-state index is 13.9. The molecule has 0 heterocycles. The molecular formula is C51H59N3O6S. The van der Waals surface area contributed by atoms with E-state index in [1.807, 2.05) is 79.7 Å². The number of benzene rings is 6. The summed E-state index contributed by atoms with van der Waals surface area (Å²) >= 11 is 0. The fourth-order valence-corrected chi connectivity index (χ4v) is 9.06. The second kappa shape index (κ2) is 17.8. The molecule has 0 aromatic heterocycles. The Morgan fingerprint density at radius 2 is 1.13 bits per heavy atom. The van der Waals surface area contributed by atoms with Crippen LogP contribution in [0.25, 0.3) is 21.5 Å². The van der Waals surface area contributed by atoms with Crippen LogP contribution in [0, 0.1) is 6.92 Å². The zero-order chi connectivity index (χ0) is 44.4. The largest absolute Gasteiger partial charge is 0.485 e. The van der Waals surface area contributed by atoms with Crippen molar-refractivity contribution in [2.75, 3.05) is 32.2 Å². The van der Waals surface area contributed by atoms with E-state index in [9.17, 15) is 18.0 Å². The van der Waals surface area contributed by atoms with Crippen LogP contribution in [-0.4, -0.2) is 58.7 Å². The van der Waals surface area contributed by atoms with Crippen molar-refractivity contribution < 1.29 is 27.5 Å². The van der Waals surface area contributed by atoms with Gasteiger partial charge in [-0.1, -0.05) is 126 Å². The fraction of sp³-hybridized carbons (Fsp3) is 0.333. The molecule has 6 rings (SSSR count). The molecule has 10 heteroatoms. The van der Waals surface area contributed by atoms with Gasteiger partial charge in [-0.2, -0.15) is 0 Å². The van der Waals surface area contributed by atoms with E-state index in [4.69, 9.17) is 20.9 Å². The summed E-state index contributed by atoms with van der Waals surface area (Å²) in [6.45, 7) is 14.0. The zero-order valence-electron chi connectivity index (χ0n) is 36.8. The second-order valence-electron chi connectivity index (χ2n) is 18.2. The van der Waals surface area contributed by atoms with Gasteiger partial charge < -0.3 is 25.8 Å². The van der Waals surface area contributed by atoms with Crippen molar-refractivity contribution in [3.63, 3.8) is 0 Å². The molecule has 0 fully saturated rings. The molecular weight excluding hydrogens is 783 g/mol. The monoisotopic (exact) mass is 841 g/mol. The number of carbonyl (C=O) groups excluding carboxylic acids is 2. The summed E-state index contributed by atoms with van der Waals surface area (Å²) in [5.74, 6) is -0.0695. The van der Waals surface area contributed by atoms with E-state index in [0.29, 0.717) is 29.7 Å². The third-order valence-corrected chi connectivity index (χ3v) is 13.3. The van der Waals surface area contributed by atoms with Gasteiger partial charge in [-0.15, -0.1) is 0 Å². The van der Waals surface area contributed by atoms with Crippen LogP contribution in [-0.2, 0) is 43.1 Å². The molecule has 9 nitrogen and oxygen atoms in total. The molecule has 0 saturated carbocycles. The quantitative estimate of drug-likeness (QED) is 0.104. The number of anilines is 1. The van der Waals surface area contributed by atoms with E-state index >= 15 is 0 Å². The minimum absolute atomic E-state index is 0.0147. The summed E-state index contributed by atoms with van der Waals surface area (Å²) in [6.07, 6.45) is 0.707. The average molecular weight is 842 g/mol. The first-order valence-electron chi connectivity index (χ1n) is 20.7. The highest BCUT2D eigenvalue weighted by Gasteiger charge is 2.33. The van der Waals surface area contributed by atoms with Crippen molar-refractivity contribution in [2.24, 2.45) is 11.5 Å². The third kappa shape index (κ3) is 9.99. The molecule has 61 heavy (non-hydrogen) atoms. The molecule has 0 aliphatic heterocycles. The van der Waals surface area contributed by atoms with E-state index in [0.717, 1.165) is 55.2 Å². The van der Waals surface area contributed by atoms with Crippen molar-refractivity contribution in [1.82, 2.24) is 0 Å². The molecule has 0 aliphatic carbocycles. The topological polar surface area (TPSA) is 142 Å². The summed E-state index contributed by atoms with van der Waals surface area (Å²) in [7, 11) is -0.530. The van der Waals surface area contributed by atoms with Crippen LogP contribution < -0.4 is 25.8 Å². The highest BCUT2D eigenvalue weighted by atomic mass is 32.2. The fourth-order valence-electron chi connectivity index (χ4n) is 7.62. The maximum Gasteiger partial charge on any atom is 0.202 e. The molecule has 0 spiro atoms. The molecule has 0 aliphatic rings. The number of hydrogen-bond acceptors (Lipinski definition) is 9. The van der Waals surface area contributed by atoms with Crippen LogP contribution in [0.4, 0.5) is 5.69 Å². The predicted octanol–water partition coefficient (Wildman–Crippen LogP) is 8.78. The molecule has 6 aromatic rings. The zero-order valence-corrected chi connectivity index (χ0v) is 37.7. The number of Topliss-reactive ketones (excluding diaryl/α,β-unsaturated/α-hetero) is 2. The van der Waals surface area contributed by atoms with E-state index in [2.05, 4.69) is 72.7 Å². The van der Waals surface area contributed by atoms with Gasteiger partial charge in [-0.3, -0.25) is 9.59 Å². The standard InChI is InChI=1S/C51H59N3O6S/c1-32-14-10-17-39-33(15-11-16-38(32)39)29-42(52)44(55)30-59-46-24-22-36(50(2,3)4)27-34(46)26-35-28-37(51(5,6)7)23-25-47(35)60-31-45(56)49(53)61(57,58)48-21-13-18-40-41(48)19-12-20-43(40)54(8)9/h10-25,27-28,42,49H,26,29-31,52-53H2,1-9H3. The van der Waals surface area contributed by atoms with Crippen molar-refractivity contribution in [2.45, 2.75) is 88.4 Å².